The molecule has 118 valence electrons. The fourth-order valence-corrected chi connectivity index (χ4v) is 4.13. The van der Waals surface area contributed by atoms with Gasteiger partial charge < -0.3 is 4.90 Å². The zero-order valence-electron chi connectivity index (χ0n) is 13.6. The van der Waals surface area contributed by atoms with Crippen molar-refractivity contribution >= 4 is 0 Å². The molecule has 0 aliphatic heterocycles. The van der Waals surface area contributed by atoms with Crippen LogP contribution in [0.4, 0.5) is 0 Å². The van der Waals surface area contributed by atoms with Gasteiger partial charge in [-0.25, -0.2) is 0 Å². The van der Waals surface area contributed by atoms with Gasteiger partial charge >= 0.3 is 0 Å². The third-order valence-corrected chi connectivity index (χ3v) is 5.73. The molecule has 3 rings (SSSR count). The number of nitrogens with one attached hydrogen (secondary N) is 1. The van der Waals surface area contributed by atoms with Gasteiger partial charge in [0.25, 0.3) is 0 Å². The summed E-state index contributed by atoms with van der Waals surface area (Å²) in [6, 6.07) is 2.63. The molecule has 0 radical (unpaired) electrons. The molecule has 3 aliphatic rings. The molecule has 0 aromatic carbocycles. The second-order valence-electron chi connectivity index (χ2n) is 7.64. The van der Waals surface area contributed by atoms with Crippen LogP contribution >= 0.6 is 0 Å². The SMILES string of the molecule is CCNC1(C#N)CCCC1CCN(CC1CC1)CC1CC1. The van der Waals surface area contributed by atoms with Crippen molar-refractivity contribution in [2.24, 2.45) is 17.8 Å². The summed E-state index contributed by atoms with van der Waals surface area (Å²) in [6.07, 6.45) is 10.5. The molecule has 3 saturated carbocycles. The van der Waals surface area contributed by atoms with E-state index in [-0.39, 0.29) is 5.54 Å². The molecule has 0 amide bonds. The van der Waals surface area contributed by atoms with Crippen molar-refractivity contribution in [3.63, 3.8) is 0 Å². The Labute approximate surface area is 130 Å². The summed E-state index contributed by atoms with van der Waals surface area (Å²) in [4.78, 5) is 2.72. The third-order valence-electron chi connectivity index (χ3n) is 5.73. The Morgan fingerprint density at radius 2 is 1.81 bits per heavy atom. The van der Waals surface area contributed by atoms with Gasteiger partial charge in [0, 0.05) is 13.1 Å². The van der Waals surface area contributed by atoms with Crippen molar-refractivity contribution in [2.75, 3.05) is 26.2 Å². The van der Waals surface area contributed by atoms with E-state index in [1.54, 1.807) is 0 Å². The van der Waals surface area contributed by atoms with Crippen molar-refractivity contribution in [3.8, 4) is 6.07 Å². The summed E-state index contributed by atoms with van der Waals surface area (Å²) in [6.45, 7) is 6.90. The van der Waals surface area contributed by atoms with Crippen LogP contribution in [0.2, 0.25) is 0 Å². The van der Waals surface area contributed by atoms with Gasteiger partial charge in [-0.05, 0) is 75.8 Å². The smallest absolute Gasteiger partial charge is 0.109 e. The van der Waals surface area contributed by atoms with Crippen molar-refractivity contribution in [3.05, 3.63) is 0 Å². The average Bonchev–Trinajstić information content (AvgIpc) is 3.40. The molecule has 3 fully saturated rings. The van der Waals surface area contributed by atoms with Gasteiger partial charge in [0.2, 0.25) is 0 Å². The Hall–Kier alpha value is -0.590. The van der Waals surface area contributed by atoms with Crippen LogP contribution in [0.5, 0.6) is 0 Å². The Morgan fingerprint density at radius 1 is 1.14 bits per heavy atom. The van der Waals surface area contributed by atoms with E-state index in [4.69, 9.17) is 0 Å². The number of nitrogens with zero attached hydrogens (tertiary/aromatic N) is 2. The lowest BCUT2D eigenvalue weighted by atomic mass is 9.85. The number of nitriles is 1. The maximum atomic E-state index is 9.67. The molecule has 2 unspecified atom stereocenters. The molecule has 21 heavy (non-hydrogen) atoms. The van der Waals surface area contributed by atoms with Gasteiger partial charge in [0.15, 0.2) is 0 Å². The van der Waals surface area contributed by atoms with E-state index in [2.05, 4.69) is 23.2 Å². The molecule has 0 aromatic rings. The van der Waals surface area contributed by atoms with Crippen molar-refractivity contribution in [1.29, 1.82) is 5.26 Å². The van der Waals surface area contributed by atoms with E-state index in [9.17, 15) is 5.26 Å². The first-order valence-electron chi connectivity index (χ1n) is 9.14. The van der Waals surface area contributed by atoms with Crippen molar-refractivity contribution < 1.29 is 0 Å². The molecule has 3 nitrogen and oxygen atoms in total. The van der Waals surface area contributed by atoms with Gasteiger partial charge in [-0.1, -0.05) is 13.3 Å². The summed E-state index contributed by atoms with van der Waals surface area (Å²) in [7, 11) is 0. The standard InChI is InChI=1S/C18H31N3/c1-2-20-18(14-19)10-3-4-17(18)9-11-21(12-15-5-6-15)13-16-7-8-16/h15-17,20H,2-13H2,1H3. The minimum absolute atomic E-state index is 0.223. The van der Waals surface area contributed by atoms with Gasteiger partial charge in [-0.15, -0.1) is 0 Å². The molecule has 0 aromatic heterocycles. The lowest BCUT2D eigenvalue weighted by Gasteiger charge is -2.31. The van der Waals surface area contributed by atoms with Crippen molar-refractivity contribution in [2.45, 2.75) is 63.8 Å². The Morgan fingerprint density at radius 3 is 2.33 bits per heavy atom. The van der Waals surface area contributed by atoms with E-state index in [0.717, 1.165) is 24.8 Å². The minimum atomic E-state index is -0.223. The minimum Gasteiger partial charge on any atom is -0.303 e. The molecular weight excluding hydrogens is 258 g/mol. The van der Waals surface area contributed by atoms with E-state index in [1.807, 2.05) is 0 Å². The topological polar surface area (TPSA) is 39.1 Å². The predicted octanol–water partition coefficient (Wildman–Crippen LogP) is 3.17. The third kappa shape index (κ3) is 3.99. The molecule has 1 N–H and O–H groups in total. The summed E-state index contributed by atoms with van der Waals surface area (Å²) in [5.41, 5.74) is -0.223. The predicted molar refractivity (Wildman–Crippen MR) is 85.9 cm³/mol. The largest absolute Gasteiger partial charge is 0.303 e. The van der Waals surface area contributed by atoms with Crippen LogP contribution in [0, 0.1) is 29.1 Å². The molecular formula is C18H31N3. The first-order valence-corrected chi connectivity index (χ1v) is 9.14. The number of hydrogen-bond acceptors (Lipinski definition) is 3. The Balaban J connectivity index is 1.52. The highest BCUT2D eigenvalue weighted by Crippen LogP contribution is 2.39. The molecule has 0 spiro atoms. The van der Waals surface area contributed by atoms with Crippen molar-refractivity contribution in [1.82, 2.24) is 10.2 Å². The van der Waals surface area contributed by atoms with Crippen LogP contribution in [0.3, 0.4) is 0 Å². The monoisotopic (exact) mass is 289 g/mol. The Kier molecular flexibility index (Phi) is 4.86. The first kappa shape index (κ1) is 15.3. The van der Waals surface area contributed by atoms with Gasteiger partial charge in [-0.3, -0.25) is 5.32 Å². The van der Waals surface area contributed by atoms with Crippen LogP contribution in [0.15, 0.2) is 0 Å². The van der Waals surface area contributed by atoms with E-state index < -0.39 is 0 Å². The molecule has 0 bridgehead atoms. The molecule has 2 atom stereocenters. The van der Waals surface area contributed by atoms with E-state index >= 15 is 0 Å². The molecule has 3 heteroatoms. The highest BCUT2D eigenvalue weighted by molar-refractivity contribution is 5.14. The fraction of sp³-hybridized carbons (Fsp3) is 0.944. The lowest BCUT2D eigenvalue weighted by molar-refractivity contribution is 0.211. The molecule has 3 aliphatic carbocycles. The highest BCUT2D eigenvalue weighted by atomic mass is 15.1. The second-order valence-corrected chi connectivity index (χ2v) is 7.64. The van der Waals surface area contributed by atoms with Gasteiger partial charge in [-0.2, -0.15) is 5.26 Å². The summed E-state index contributed by atoms with van der Waals surface area (Å²) < 4.78 is 0. The zero-order valence-corrected chi connectivity index (χ0v) is 13.6. The highest BCUT2D eigenvalue weighted by Gasteiger charge is 2.42. The molecule has 0 heterocycles. The normalized spacial score (nSPS) is 32.5. The first-order chi connectivity index (χ1) is 10.3. The maximum absolute atomic E-state index is 9.67. The van der Waals surface area contributed by atoms with Crippen LogP contribution in [-0.2, 0) is 0 Å². The summed E-state index contributed by atoms with van der Waals surface area (Å²) in [5, 5.41) is 13.2. The average molecular weight is 289 g/mol. The Bertz CT molecular complexity index is 366. The number of rotatable bonds is 9. The second kappa shape index (κ2) is 6.67. The maximum Gasteiger partial charge on any atom is 0.109 e. The van der Waals surface area contributed by atoms with Crippen LogP contribution in [-0.4, -0.2) is 36.6 Å². The van der Waals surface area contributed by atoms with Gasteiger partial charge in [0.05, 0.1) is 6.07 Å². The lowest BCUT2D eigenvalue weighted by Crippen LogP contribution is -2.47. The van der Waals surface area contributed by atoms with E-state index in [1.165, 1.54) is 64.6 Å². The van der Waals surface area contributed by atoms with Gasteiger partial charge in [0.1, 0.15) is 5.54 Å². The quantitative estimate of drug-likeness (QED) is 0.708. The van der Waals surface area contributed by atoms with Crippen LogP contribution in [0.1, 0.15) is 58.3 Å². The van der Waals surface area contributed by atoms with Crippen LogP contribution < -0.4 is 5.32 Å². The fourth-order valence-electron chi connectivity index (χ4n) is 4.13. The zero-order chi connectivity index (χ0) is 14.7. The van der Waals surface area contributed by atoms with Crippen LogP contribution in [0.25, 0.3) is 0 Å². The summed E-state index contributed by atoms with van der Waals surface area (Å²) in [5.74, 6) is 2.53. The molecule has 0 saturated heterocycles. The summed E-state index contributed by atoms with van der Waals surface area (Å²) >= 11 is 0. The van der Waals surface area contributed by atoms with E-state index in [0.29, 0.717) is 5.92 Å². The number of hydrogen-bond donors (Lipinski definition) is 1.